The summed E-state index contributed by atoms with van der Waals surface area (Å²) in [4.78, 5) is 11.6. The molecule has 0 saturated heterocycles. The van der Waals surface area contributed by atoms with Gasteiger partial charge in [-0.2, -0.15) is 11.3 Å². The van der Waals surface area contributed by atoms with Crippen LogP contribution >= 0.6 is 11.3 Å². The highest BCUT2D eigenvalue weighted by Gasteiger charge is 2.02. The van der Waals surface area contributed by atoms with E-state index in [9.17, 15) is 4.79 Å². The van der Waals surface area contributed by atoms with Crippen LogP contribution in [0.15, 0.2) is 41.1 Å². The van der Waals surface area contributed by atoms with Gasteiger partial charge in [-0.05, 0) is 41.4 Å². The van der Waals surface area contributed by atoms with E-state index in [0.717, 1.165) is 11.3 Å². The van der Waals surface area contributed by atoms with E-state index in [0.29, 0.717) is 19.6 Å². The first-order valence-corrected chi connectivity index (χ1v) is 7.15. The molecule has 0 unspecified atom stereocenters. The van der Waals surface area contributed by atoms with Crippen molar-refractivity contribution in [1.29, 1.82) is 0 Å². The molecule has 1 amide bonds. The van der Waals surface area contributed by atoms with Crippen LogP contribution < -0.4 is 10.1 Å². The second kappa shape index (κ2) is 6.95. The molecule has 1 aromatic carbocycles. The Bertz CT molecular complexity index is 505. The van der Waals surface area contributed by atoms with Crippen LogP contribution in [0.5, 0.6) is 5.75 Å². The number of carbonyl (C=O) groups excluding carboxylic acids is 1. The lowest BCUT2D eigenvalue weighted by Gasteiger charge is -2.07. The van der Waals surface area contributed by atoms with E-state index < -0.39 is 0 Å². The molecule has 0 fully saturated rings. The van der Waals surface area contributed by atoms with Gasteiger partial charge in [0.25, 0.3) is 0 Å². The molecule has 1 aromatic heterocycles. The topological polar surface area (TPSA) is 38.3 Å². The average molecular weight is 275 g/mol. The number of nitrogens with one attached hydrogen (secondary N) is 1. The number of rotatable bonds is 6. The third-order valence-corrected chi connectivity index (χ3v) is 3.39. The standard InChI is InChI=1S/C15H17NO2S/c1-12-2-4-14(5-3-12)18-8-7-16-15(17)10-13-6-9-19-11-13/h2-6,9,11H,7-8,10H2,1H3,(H,16,17). The molecule has 0 radical (unpaired) electrons. The van der Waals surface area contributed by atoms with Crippen molar-refractivity contribution >= 4 is 17.2 Å². The lowest BCUT2D eigenvalue weighted by molar-refractivity contribution is -0.120. The van der Waals surface area contributed by atoms with Crippen LogP contribution in [0.1, 0.15) is 11.1 Å². The van der Waals surface area contributed by atoms with Gasteiger partial charge in [0.05, 0.1) is 13.0 Å². The molecular weight excluding hydrogens is 258 g/mol. The van der Waals surface area contributed by atoms with Crippen LogP contribution in [-0.2, 0) is 11.2 Å². The third-order valence-electron chi connectivity index (χ3n) is 2.66. The quantitative estimate of drug-likeness (QED) is 0.823. The number of thiophene rings is 1. The Balaban J connectivity index is 1.64. The minimum absolute atomic E-state index is 0.0332. The maximum absolute atomic E-state index is 11.6. The van der Waals surface area contributed by atoms with Gasteiger partial charge in [0.15, 0.2) is 0 Å². The van der Waals surface area contributed by atoms with Crippen LogP contribution in [0, 0.1) is 6.92 Å². The maximum atomic E-state index is 11.6. The van der Waals surface area contributed by atoms with Crippen molar-refractivity contribution in [1.82, 2.24) is 5.32 Å². The molecule has 0 saturated carbocycles. The molecule has 0 aliphatic rings. The zero-order valence-electron chi connectivity index (χ0n) is 10.9. The van der Waals surface area contributed by atoms with Gasteiger partial charge in [0.2, 0.25) is 5.91 Å². The zero-order valence-corrected chi connectivity index (χ0v) is 11.7. The van der Waals surface area contributed by atoms with Crippen LogP contribution in [0.25, 0.3) is 0 Å². The molecule has 0 aliphatic heterocycles. The van der Waals surface area contributed by atoms with Gasteiger partial charge in [0.1, 0.15) is 12.4 Å². The molecule has 0 aliphatic carbocycles. The summed E-state index contributed by atoms with van der Waals surface area (Å²) in [5, 5.41) is 6.81. The minimum Gasteiger partial charge on any atom is -0.492 e. The molecule has 0 spiro atoms. The molecule has 1 N–H and O–H groups in total. The van der Waals surface area contributed by atoms with E-state index in [1.54, 1.807) is 11.3 Å². The summed E-state index contributed by atoms with van der Waals surface area (Å²) in [6.07, 6.45) is 0.439. The fourth-order valence-corrected chi connectivity index (χ4v) is 2.30. The van der Waals surface area contributed by atoms with Crippen molar-refractivity contribution in [2.24, 2.45) is 0 Å². The van der Waals surface area contributed by atoms with Gasteiger partial charge >= 0.3 is 0 Å². The Morgan fingerprint density at radius 1 is 1.26 bits per heavy atom. The number of aryl methyl sites for hydroxylation is 1. The fraction of sp³-hybridized carbons (Fsp3) is 0.267. The second-order valence-electron chi connectivity index (χ2n) is 4.32. The van der Waals surface area contributed by atoms with Gasteiger partial charge < -0.3 is 10.1 Å². The first-order valence-electron chi connectivity index (χ1n) is 6.21. The smallest absolute Gasteiger partial charge is 0.224 e. The van der Waals surface area contributed by atoms with Gasteiger partial charge in [-0.1, -0.05) is 17.7 Å². The largest absolute Gasteiger partial charge is 0.492 e. The summed E-state index contributed by atoms with van der Waals surface area (Å²) < 4.78 is 5.53. The molecule has 3 nitrogen and oxygen atoms in total. The Morgan fingerprint density at radius 2 is 2.05 bits per heavy atom. The Hall–Kier alpha value is -1.81. The number of hydrogen-bond acceptors (Lipinski definition) is 3. The van der Waals surface area contributed by atoms with Crippen molar-refractivity contribution in [3.63, 3.8) is 0 Å². The van der Waals surface area contributed by atoms with Crippen molar-refractivity contribution < 1.29 is 9.53 Å². The van der Waals surface area contributed by atoms with Crippen molar-refractivity contribution in [2.75, 3.05) is 13.2 Å². The molecule has 4 heteroatoms. The van der Waals surface area contributed by atoms with Gasteiger partial charge in [0, 0.05) is 0 Å². The van der Waals surface area contributed by atoms with Gasteiger partial charge in [-0.3, -0.25) is 4.79 Å². The van der Waals surface area contributed by atoms with Crippen LogP contribution in [0.3, 0.4) is 0 Å². The van der Waals surface area contributed by atoms with Crippen LogP contribution in [0.4, 0.5) is 0 Å². The summed E-state index contributed by atoms with van der Waals surface area (Å²) in [6, 6.07) is 9.84. The van der Waals surface area contributed by atoms with Gasteiger partial charge in [-0.15, -0.1) is 0 Å². The average Bonchev–Trinajstić information content (AvgIpc) is 2.89. The Morgan fingerprint density at radius 3 is 2.74 bits per heavy atom. The number of carbonyl (C=O) groups is 1. The second-order valence-corrected chi connectivity index (χ2v) is 5.10. The van der Waals surface area contributed by atoms with Gasteiger partial charge in [-0.25, -0.2) is 0 Å². The fourth-order valence-electron chi connectivity index (χ4n) is 1.63. The summed E-state index contributed by atoms with van der Waals surface area (Å²) in [5.74, 6) is 0.864. The van der Waals surface area contributed by atoms with E-state index in [-0.39, 0.29) is 5.91 Å². The molecule has 0 atom stereocenters. The zero-order chi connectivity index (χ0) is 13.5. The van der Waals surface area contributed by atoms with Crippen molar-refractivity contribution in [3.05, 3.63) is 52.2 Å². The Kier molecular flexibility index (Phi) is 4.98. The predicted molar refractivity (Wildman–Crippen MR) is 77.7 cm³/mol. The summed E-state index contributed by atoms with van der Waals surface area (Å²) in [6.45, 7) is 3.05. The van der Waals surface area contributed by atoms with Crippen molar-refractivity contribution in [3.8, 4) is 5.75 Å². The summed E-state index contributed by atoms with van der Waals surface area (Å²) >= 11 is 1.60. The molecule has 0 bridgehead atoms. The molecular formula is C15H17NO2S. The molecule has 19 heavy (non-hydrogen) atoms. The van der Waals surface area contributed by atoms with E-state index in [1.807, 2.05) is 48.0 Å². The van der Waals surface area contributed by atoms with E-state index in [2.05, 4.69) is 5.32 Å². The normalized spacial score (nSPS) is 10.2. The highest BCUT2D eigenvalue weighted by molar-refractivity contribution is 7.07. The highest BCUT2D eigenvalue weighted by Crippen LogP contribution is 2.10. The maximum Gasteiger partial charge on any atom is 0.224 e. The van der Waals surface area contributed by atoms with E-state index >= 15 is 0 Å². The number of benzene rings is 1. The first kappa shape index (κ1) is 13.6. The molecule has 2 rings (SSSR count). The van der Waals surface area contributed by atoms with Crippen LogP contribution in [0.2, 0.25) is 0 Å². The van der Waals surface area contributed by atoms with E-state index in [1.165, 1.54) is 5.56 Å². The lowest BCUT2D eigenvalue weighted by atomic mass is 10.2. The van der Waals surface area contributed by atoms with E-state index in [4.69, 9.17) is 4.74 Å². The first-order chi connectivity index (χ1) is 9.24. The molecule has 100 valence electrons. The predicted octanol–water partition coefficient (Wildman–Crippen LogP) is 2.79. The number of amides is 1. The van der Waals surface area contributed by atoms with Crippen molar-refractivity contribution in [2.45, 2.75) is 13.3 Å². The number of ether oxygens (including phenoxy) is 1. The minimum atomic E-state index is 0.0332. The lowest BCUT2D eigenvalue weighted by Crippen LogP contribution is -2.29. The monoisotopic (exact) mass is 275 g/mol. The highest BCUT2D eigenvalue weighted by atomic mass is 32.1. The van der Waals surface area contributed by atoms with Crippen LogP contribution in [-0.4, -0.2) is 19.1 Å². The Labute approximate surface area is 117 Å². The SMILES string of the molecule is Cc1ccc(OCCNC(=O)Cc2ccsc2)cc1. The molecule has 2 aromatic rings. The third kappa shape index (κ3) is 4.75. The molecule has 1 heterocycles. The summed E-state index contributed by atoms with van der Waals surface area (Å²) in [5.41, 5.74) is 2.26. The number of hydrogen-bond donors (Lipinski definition) is 1. The summed E-state index contributed by atoms with van der Waals surface area (Å²) in [7, 11) is 0.